The predicted molar refractivity (Wildman–Crippen MR) is 125 cm³/mol. The summed E-state index contributed by atoms with van der Waals surface area (Å²) in [4.78, 5) is 39.0. The number of likely N-dealkylation sites (N-methyl/N-ethyl adjacent to an activating group) is 2. The fourth-order valence-corrected chi connectivity index (χ4v) is 5.69. The fourth-order valence-electron chi connectivity index (χ4n) is 4.42. The van der Waals surface area contributed by atoms with E-state index in [0.29, 0.717) is 28.8 Å². The SMILES string of the molecule is CN1CCc2nc(C(=O)N[C@@H]3CN(C)C[C@H]3NC(=O)c3cc4cc(Cl)ccc4[nH]3)sc2C1. The number of amides is 2. The van der Waals surface area contributed by atoms with Crippen molar-refractivity contribution in [2.24, 2.45) is 0 Å². The largest absolute Gasteiger partial charge is 0.351 e. The Balaban J connectivity index is 1.27. The number of carbonyl (C=O) groups is 2. The lowest BCUT2D eigenvalue weighted by Gasteiger charge is -2.20. The standard InChI is InChI=1S/C22H25ClN6O2S/c1-28-6-5-15-19(11-28)32-22(27-15)21(31)26-18-10-29(2)9-17(18)25-20(30)16-8-12-7-13(23)3-4-14(12)24-16/h3-4,7-8,17-18,24H,5-6,9-11H2,1-2H3,(H,25,30)(H,26,31)/t17-,18-/m1/s1. The Morgan fingerprint density at radius 3 is 2.66 bits per heavy atom. The van der Waals surface area contributed by atoms with Gasteiger partial charge in [0.15, 0.2) is 5.01 Å². The monoisotopic (exact) mass is 472 g/mol. The minimum Gasteiger partial charge on any atom is -0.351 e. The molecule has 4 heterocycles. The number of H-pyrrole nitrogens is 1. The lowest BCUT2D eigenvalue weighted by molar-refractivity contribution is 0.0894. The van der Waals surface area contributed by atoms with Crippen LogP contribution in [-0.2, 0) is 13.0 Å². The van der Waals surface area contributed by atoms with Gasteiger partial charge in [-0.25, -0.2) is 4.98 Å². The number of nitrogens with one attached hydrogen (secondary N) is 3. The summed E-state index contributed by atoms with van der Waals surface area (Å²) in [5, 5.41) is 8.18. The number of hydrogen-bond donors (Lipinski definition) is 3. The van der Waals surface area contributed by atoms with Crippen LogP contribution in [0.15, 0.2) is 24.3 Å². The molecule has 0 unspecified atom stereocenters. The molecule has 1 saturated heterocycles. The number of likely N-dealkylation sites (tertiary alicyclic amines) is 1. The molecule has 168 valence electrons. The first-order valence-electron chi connectivity index (χ1n) is 10.6. The molecule has 2 aliphatic heterocycles. The van der Waals surface area contributed by atoms with Crippen LogP contribution in [0, 0.1) is 0 Å². The maximum atomic E-state index is 12.9. The molecule has 1 fully saturated rings. The van der Waals surface area contributed by atoms with Gasteiger partial charge in [-0.05, 0) is 38.4 Å². The minimum absolute atomic E-state index is 0.174. The molecule has 0 bridgehead atoms. The first-order chi connectivity index (χ1) is 15.4. The fraction of sp³-hybridized carbons (Fsp3) is 0.409. The molecule has 3 aromatic rings. The van der Waals surface area contributed by atoms with Gasteiger partial charge in [-0.15, -0.1) is 11.3 Å². The van der Waals surface area contributed by atoms with Crippen LogP contribution in [0.3, 0.4) is 0 Å². The van der Waals surface area contributed by atoms with Crippen LogP contribution in [0.2, 0.25) is 5.02 Å². The Bertz CT molecular complexity index is 1190. The van der Waals surface area contributed by atoms with E-state index in [1.807, 2.05) is 19.2 Å². The normalized spacial score (nSPS) is 21.6. The molecule has 5 rings (SSSR count). The van der Waals surface area contributed by atoms with E-state index in [1.54, 1.807) is 12.1 Å². The highest BCUT2D eigenvalue weighted by molar-refractivity contribution is 7.13. The van der Waals surface area contributed by atoms with Gasteiger partial charge in [0.25, 0.3) is 11.8 Å². The second kappa shape index (κ2) is 8.47. The van der Waals surface area contributed by atoms with Gasteiger partial charge in [-0.3, -0.25) is 9.59 Å². The average molecular weight is 473 g/mol. The van der Waals surface area contributed by atoms with Crippen molar-refractivity contribution >= 4 is 45.7 Å². The van der Waals surface area contributed by atoms with Gasteiger partial charge in [0.2, 0.25) is 0 Å². The number of fused-ring (bicyclic) bond motifs is 2. The number of benzene rings is 1. The molecular weight excluding hydrogens is 448 g/mol. The van der Waals surface area contributed by atoms with E-state index < -0.39 is 0 Å². The van der Waals surface area contributed by atoms with Gasteiger partial charge in [-0.1, -0.05) is 11.6 Å². The lowest BCUT2D eigenvalue weighted by Crippen LogP contribution is -2.51. The molecular formula is C22H25ClN6O2S. The molecule has 0 aliphatic carbocycles. The molecule has 2 amide bonds. The smallest absolute Gasteiger partial charge is 0.280 e. The minimum atomic E-state index is -0.204. The molecule has 0 radical (unpaired) electrons. The van der Waals surface area contributed by atoms with E-state index in [9.17, 15) is 9.59 Å². The third kappa shape index (κ3) is 4.25. The van der Waals surface area contributed by atoms with E-state index in [-0.39, 0.29) is 23.9 Å². The zero-order chi connectivity index (χ0) is 22.4. The van der Waals surface area contributed by atoms with Gasteiger partial charge >= 0.3 is 0 Å². The lowest BCUT2D eigenvalue weighted by atomic mass is 10.1. The van der Waals surface area contributed by atoms with Gasteiger partial charge in [0, 0.05) is 53.4 Å². The van der Waals surface area contributed by atoms with Crippen LogP contribution < -0.4 is 10.6 Å². The van der Waals surface area contributed by atoms with Gasteiger partial charge in [0.05, 0.1) is 17.8 Å². The summed E-state index contributed by atoms with van der Waals surface area (Å²) in [6, 6.07) is 6.85. The summed E-state index contributed by atoms with van der Waals surface area (Å²) in [6.45, 7) is 3.11. The summed E-state index contributed by atoms with van der Waals surface area (Å²) in [7, 11) is 4.06. The van der Waals surface area contributed by atoms with Crippen molar-refractivity contribution in [1.82, 2.24) is 30.4 Å². The van der Waals surface area contributed by atoms with E-state index in [2.05, 4.69) is 37.4 Å². The molecule has 8 nitrogen and oxygen atoms in total. The Morgan fingerprint density at radius 1 is 1.12 bits per heavy atom. The second-order valence-electron chi connectivity index (χ2n) is 8.67. The Labute approximate surface area is 194 Å². The molecule has 32 heavy (non-hydrogen) atoms. The van der Waals surface area contributed by atoms with E-state index >= 15 is 0 Å². The quantitative estimate of drug-likeness (QED) is 0.540. The topological polar surface area (TPSA) is 93.4 Å². The van der Waals surface area contributed by atoms with E-state index in [0.717, 1.165) is 41.0 Å². The first kappa shape index (κ1) is 21.4. The highest BCUT2D eigenvalue weighted by Crippen LogP contribution is 2.25. The number of aromatic nitrogens is 2. The van der Waals surface area contributed by atoms with E-state index in [4.69, 9.17) is 11.6 Å². The van der Waals surface area contributed by atoms with Crippen molar-refractivity contribution in [3.05, 3.63) is 50.6 Å². The van der Waals surface area contributed by atoms with Crippen LogP contribution in [-0.4, -0.2) is 77.4 Å². The van der Waals surface area contributed by atoms with Gasteiger partial charge in [0.1, 0.15) is 5.69 Å². The highest BCUT2D eigenvalue weighted by Gasteiger charge is 2.34. The molecule has 2 aliphatic rings. The maximum absolute atomic E-state index is 12.9. The van der Waals surface area contributed by atoms with Crippen molar-refractivity contribution in [1.29, 1.82) is 0 Å². The van der Waals surface area contributed by atoms with Crippen molar-refractivity contribution in [3.8, 4) is 0 Å². The number of nitrogens with zero attached hydrogens (tertiary/aromatic N) is 3. The number of halogens is 1. The molecule has 0 spiro atoms. The molecule has 10 heteroatoms. The summed E-state index contributed by atoms with van der Waals surface area (Å²) in [5.41, 5.74) is 2.36. The summed E-state index contributed by atoms with van der Waals surface area (Å²) in [5.74, 6) is -0.378. The zero-order valence-corrected chi connectivity index (χ0v) is 19.5. The van der Waals surface area contributed by atoms with Gasteiger partial charge in [-0.2, -0.15) is 0 Å². The van der Waals surface area contributed by atoms with Crippen LogP contribution in [0.4, 0.5) is 0 Å². The Morgan fingerprint density at radius 2 is 1.88 bits per heavy atom. The van der Waals surface area contributed by atoms with E-state index in [1.165, 1.54) is 11.3 Å². The Hall–Kier alpha value is -2.46. The Kier molecular flexibility index (Phi) is 5.66. The third-order valence-corrected chi connectivity index (χ3v) is 7.40. The molecule has 1 aromatic carbocycles. The first-order valence-corrected chi connectivity index (χ1v) is 11.8. The summed E-state index contributed by atoms with van der Waals surface area (Å²) in [6.07, 6.45) is 0.871. The number of aromatic amines is 1. The summed E-state index contributed by atoms with van der Waals surface area (Å²) < 4.78 is 0. The van der Waals surface area contributed by atoms with Crippen LogP contribution >= 0.6 is 22.9 Å². The maximum Gasteiger partial charge on any atom is 0.280 e. The summed E-state index contributed by atoms with van der Waals surface area (Å²) >= 11 is 7.52. The van der Waals surface area contributed by atoms with Crippen LogP contribution in [0.1, 0.15) is 30.9 Å². The molecule has 2 aromatic heterocycles. The van der Waals surface area contributed by atoms with Crippen molar-refractivity contribution in [3.63, 3.8) is 0 Å². The zero-order valence-electron chi connectivity index (χ0n) is 17.9. The number of thiazole rings is 1. The molecule has 2 atom stereocenters. The van der Waals surface area contributed by atoms with Crippen molar-refractivity contribution in [2.45, 2.75) is 25.0 Å². The number of rotatable bonds is 4. The number of carbonyl (C=O) groups excluding carboxylic acids is 2. The number of hydrogen-bond acceptors (Lipinski definition) is 6. The van der Waals surface area contributed by atoms with Crippen LogP contribution in [0.5, 0.6) is 0 Å². The van der Waals surface area contributed by atoms with Crippen LogP contribution in [0.25, 0.3) is 10.9 Å². The van der Waals surface area contributed by atoms with Gasteiger partial charge < -0.3 is 25.4 Å². The highest BCUT2D eigenvalue weighted by atomic mass is 35.5. The second-order valence-corrected chi connectivity index (χ2v) is 10.2. The van der Waals surface area contributed by atoms with Crippen molar-refractivity contribution in [2.75, 3.05) is 33.7 Å². The molecule has 0 saturated carbocycles. The average Bonchev–Trinajstić information content (AvgIpc) is 3.44. The molecule has 3 N–H and O–H groups in total. The predicted octanol–water partition coefficient (Wildman–Crippen LogP) is 2.11. The van der Waals surface area contributed by atoms with Crippen molar-refractivity contribution < 1.29 is 9.59 Å². The third-order valence-electron chi connectivity index (χ3n) is 6.08.